The monoisotopic (exact) mass is 613 g/mol. The Kier molecular flexibility index (Phi) is 11.5. The van der Waals surface area contributed by atoms with Gasteiger partial charge in [0.15, 0.2) is 11.5 Å². The normalized spacial score (nSPS) is 12.0. The minimum absolute atomic E-state index is 0.0807. The van der Waals surface area contributed by atoms with Crippen LogP contribution in [0, 0.1) is 18.7 Å². The summed E-state index contributed by atoms with van der Waals surface area (Å²) in [6.07, 6.45) is 0.306. The van der Waals surface area contributed by atoms with Crippen molar-refractivity contribution in [3.8, 4) is 11.5 Å². The zero-order valence-corrected chi connectivity index (χ0v) is 26.3. The summed E-state index contributed by atoms with van der Waals surface area (Å²) in [6, 6.07) is 15.6. The molecule has 0 saturated carbocycles. The van der Waals surface area contributed by atoms with Gasteiger partial charge < -0.3 is 19.7 Å². The second-order valence-electron chi connectivity index (χ2n) is 10.6. The molecule has 3 rings (SSSR count). The van der Waals surface area contributed by atoms with Crippen LogP contribution >= 0.6 is 0 Å². The van der Waals surface area contributed by atoms with Gasteiger partial charge in [0.2, 0.25) is 11.8 Å². The molecule has 0 spiro atoms. The molecular weight excluding hydrogens is 573 g/mol. The number of rotatable bonds is 14. The SMILES string of the molecule is CC[C@@H](C(=O)NCC(C)C)N(Cc1ccc(C)cc1)C(=O)CN(c1ccc(F)cc1)S(=O)(=O)c1ccc(OC)c(OC)c1. The molecule has 0 heterocycles. The highest BCUT2D eigenvalue weighted by Crippen LogP contribution is 2.32. The lowest BCUT2D eigenvalue weighted by Crippen LogP contribution is -2.52. The zero-order chi connectivity index (χ0) is 31.7. The average Bonchev–Trinajstić information content (AvgIpc) is 2.99. The lowest BCUT2D eigenvalue weighted by atomic mass is 10.1. The largest absolute Gasteiger partial charge is 0.493 e. The van der Waals surface area contributed by atoms with E-state index in [1.54, 1.807) is 6.92 Å². The van der Waals surface area contributed by atoms with Gasteiger partial charge in [0, 0.05) is 19.2 Å². The Morgan fingerprint density at radius 2 is 1.56 bits per heavy atom. The van der Waals surface area contributed by atoms with Crippen LogP contribution in [0.1, 0.15) is 38.3 Å². The Morgan fingerprint density at radius 1 is 0.930 bits per heavy atom. The van der Waals surface area contributed by atoms with E-state index in [1.807, 2.05) is 45.0 Å². The first kappa shape index (κ1) is 33.4. The van der Waals surface area contributed by atoms with Crippen LogP contribution in [-0.2, 0) is 26.2 Å². The molecule has 2 amide bonds. The van der Waals surface area contributed by atoms with Gasteiger partial charge >= 0.3 is 0 Å². The number of methoxy groups -OCH3 is 2. The highest BCUT2D eigenvalue weighted by molar-refractivity contribution is 7.92. The summed E-state index contributed by atoms with van der Waals surface area (Å²) in [4.78, 5) is 28.7. The van der Waals surface area contributed by atoms with E-state index in [-0.39, 0.29) is 34.7 Å². The second-order valence-corrected chi connectivity index (χ2v) is 12.4. The fourth-order valence-electron chi connectivity index (χ4n) is 4.47. The average molecular weight is 614 g/mol. The third-order valence-corrected chi connectivity index (χ3v) is 8.65. The minimum Gasteiger partial charge on any atom is -0.493 e. The van der Waals surface area contributed by atoms with Gasteiger partial charge in [0.1, 0.15) is 18.4 Å². The first-order valence-corrected chi connectivity index (χ1v) is 15.5. The Balaban J connectivity index is 2.08. The number of benzene rings is 3. The van der Waals surface area contributed by atoms with Gasteiger partial charge in [-0.1, -0.05) is 50.6 Å². The number of amides is 2. The summed E-state index contributed by atoms with van der Waals surface area (Å²) in [5, 5.41) is 2.90. The molecular formula is C32H40FN3O6S. The van der Waals surface area contributed by atoms with Crippen LogP contribution in [0.15, 0.2) is 71.6 Å². The molecule has 0 bridgehead atoms. The number of hydrogen-bond acceptors (Lipinski definition) is 6. The van der Waals surface area contributed by atoms with E-state index in [9.17, 15) is 22.4 Å². The van der Waals surface area contributed by atoms with Crippen molar-refractivity contribution in [2.45, 2.75) is 51.6 Å². The van der Waals surface area contributed by atoms with Gasteiger partial charge in [-0.25, -0.2) is 12.8 Å². The third-order valence-electron chi connectivity index (χ3n) is 6.88. The van der Waals surface area contributed by atoms with Gasteiger partial charge in [-0.3, -0.25) is 13.9 Å². The van der Waals surface area contributed by atoms with Crippen molar-refractivity contribution in [2.24, 2.45) is 5.92 Å². The van der Waals surface area contributed by atoms with Crippen LogP contribution in [0.4, 0.5) is 10.1 Å². The lowest BCUT2D eigenvalue weighted by Gasteiger charge is -2.33. The summed E-state index contributed by atoms with van der Waals surface area (Å²) < 4.78 is 53.5. The Labute approximate surface area is 253 Å². The van der Waals surface area contributed by atoms with E-state index in [4.69, 9.17) is 9.47 Å². The molecule has 0 unspecified atom stereocenters. The Hall–Kier alpha value is -4.12. The number of carbonyl (C=O) groups excluding carboxylic acids is 2. The number of nitrogens with zero attached hydrogens (tertiary/aromatic N) is 2. The summed E-state index contributed by atoms with van der Waals surface area (Å²) in [6.45, 7) is 7.56. The number of anilines is 1. The van der Waals surface area contributed by atoms with E-state index in [1.165, 1.54) is 49.5 Å². The van der Waals surface area contributed by atoms with Crippen molar-refractivity contribution in [3.63, 3.8) is 0 Å². The molecule has 0 aliphatic carbocycles. The molecule has 11 heteroatoms. The molecule has 9 nitrogen and oxygen atoms in total. The van der Waals surface area contributed by atoms with Crippen molar-refractivity contribution < 1.29 is 31.9 Å². The van der Waals surface area contributed by atoms with Crippen molar-refractivity contribution in [3.05, 3.63) is 83.7 Å². The summed E-state index contributed by atoms with van der Waals surface area (Å²) in [5.41, 5.74) is 1.90. The summed E-state index contributed by atoms with van der Waals surface area (Å²) in [5.74, 6) is -0.778. The number of hydrogen-bond donors (Lipinski definition) is 1. The number of nitrogens with one attached hydrogen (secondary N) is 1. The molecule has 3 aromatic carbocycles. The number of aryl methyl sites for hydroxylation is 1. The molecule has 0 aliphatic heterocycles. The Bertz CT molecular complexity index is 1490. The molecule has 3 aromatic rings. The first-order chi connectivity index (χ1) is 20.4. The quantitative estimate of drug-likeness (QED) is 0.277. The zero-order valence-electron chi connectivity index (χ0n) is 25.5. The van der Waals surface area contributed by atoms with E-state index in [0.717, 1.165) is 27.6 Å². The summed E-state index contributed by atoms with van der Waals surface area (Å²) >= 11 is 0. The molecule has 232 valence electrons. The van der Waals surface area contributed by atoms with Crippen LogP contribution in [-0.4, -0.2) is 58.5 Å². The predicted molar refractivity (Wildman–Crippen MR) is 164 cm³/mol. The molecule has 0 saturated heterocycles. The maximum atomic E-state index is 14.1. The van der Waals surface area contributed by atoms with Gasteiger partial charge in [-0.05, 0) is 61.2 Å². The fourth-order valence-corrected chi connectivity index (χ4v) is 5.90. The van der Waals surface area contributed by atoms with Crippen LogP contribution < -0.4 is 19.1 Å². The van der Waals surface area contributed by atoms with Crippen molar-refractivity contribution in [1.82, 2.24) is 10.2 Å². The van der Waals surface area contributed by atoms with Crippen molar-refractivity contribution in [1.29, 1.82) is 0 Å². The fraction of sp³-hybridized carbons (Fsp3) is 0.375. The van der Waals surface area contributed by atoms with E-state index >= 15 is 0 Å². The highest BCUT2D eigenvalue weighted by atomic mass is 32.2. The van der Waals surface area contributed by atoms with Crippen LogP contribution in [0.2, 0.25) is 0 Å². The molecule has 43 heavy (non-hydrogen) atoms. The number of halogens is 1. The van der Waals surface area contributed by atoms with Crippen molar-refractivity contribution >= 4 is 27.5 Å². The van der Waals surface area contributed by atoms with Gasteiger partial charge in [0.25, 0.3) is 10.0 Å². The van der Waals surface area contributed by atoms with E-state index in [2.05, 4.69) is 5.32 Å². The molecule has 0 aliphatic rings. The van der Waals surface area contributed by atoms with Crippen LogP contribution in [0.5, 0.6) is 11.5 Å². The van der Waals surface area contributed by atoms with Gasteiger partial charge in [0.05, 0.1) is 24.8 Å². The standard InChI is InChI=1S/C32H40FN3O6S/c1-7-28(32(38)34-19-22(2)3)35(20-24-10-8-23(4)9-11-24)31(37)21-36(26-14-12-25(33)13-15-26)43(39,40)27-16-17-29(41-5)30(18-27)42-6/h8-18,22,28H,7,19-21H2,1-6H3,(H,34,38)/t28-/m0/s1. The van der Waals surface area contributed by atoms with Crippen molar-refractivity contribution in [2.75, 3.05) is 31.6 Å². The molecule has 0 aromatic heterocycles. The van der Waals surface area contributed by atoms with Gasteiger partial charge in [-0.15, -0.1) is 0 Å². The number of carbonyl (C=O) groups is 2. The Morgan fingerprint density at radius 3 is 2.12 bits per heavy atom. The molecule has 1 atom stereocenters. The van der Waals surface area contributed by atoms with Crippen LogP contribution in [0.3, 0.4) is 0 Å². The van der Waals surface area contributed by atoms with Crippen LogP contribution in [0.25, 0.3) is 0 Å². The maximum absolute atomic E-state index is 14.1. The number of sulfonamides is 1. The molecule has 0 radical (unpaired) electrons. The predicted octanol–water partition coefficient (Wildman–Crippen LogP) is 4.93. The van der Waals surface area contributed by atoms with Gasteiger partial charge in [-0.2, -0.15) is 0 Å². The lowest BCUT2D eigenvalue weighted by molar-refractivity contribution is -0.140. The summed E-state index contributed by atoms with van der Waals surface area (Å²) in [7, 11) is -1.57. The van der Waals surface area contributed by atoms with E-state index in [0.29, 0.717) is 18.7 Å². The second kappa shape index (κ2) is 14.9. The van der Waals surface area contributed by atoms with E-state index < -0.39 is 34.3 Å². The maximum Gasteiger partial charge on any atom is 0.264 e. The smallest absolute Gasteiger partial charge is 0.264 e. The third kappa shape index (κ3) is 8.47. The minimum atomic E-state index is -4.38. The first-order valence-electron chi connectivity index (χ1n) is 14.0. The molecule has 1 N–H and O–H groups in total. The number of ether oxygens (including phenoxy) is 2. The molecule has 0 fully saturated rings. The highest BCUT2D eigenvalue weighted by Gasteiger charge is 2.34. The topological polar surface area (TPSA) is 105 Å².